The fourth-order valence-electron chi connectivity index (χ4n) is 4.52. The number of hydrogen-bond donors (Lipinski definition) is 0. The predicted octanol–water partition coefficient (Wildman–Crippen LogP) is 3.04. The Morgan fingerprint density at radius 3 is 2.30 bits per heavy atom. The molecular formula is C17H30N2O. The molecule has 20 heavy (non-hydrogen) atoms. The van der Waals surface area contributed by atoms with Gasteiger partial charge in [-0.1, -0.05) is 25.7 Å². The van der Waals surface area contributed by atoms with E-state index in [0.717, 1.165) is 25.6 Å². The van der Waals surface area contributed by atoms with Gasteiger partial charge in [0.2, 0.25) is 5.91 Å². The number of likely N-dealkylation sites (tertiary alicyclic amines) is 2. The van der Waals surface area contributed by atoms with Crippen LogP contribution < -0.4 is 0 Å². The first kappa shape index (κ1) is 14.4. The third-order valence-electron chi connectivity index (χ3n) is 5.66. The topological polar surface area (TPSA) is 23.6 Å². The van der Waals surface area contributed by atoms with Crippen molar-refractivity contribution in [2.24, 2.45) is 5.92 Å². The van der Waals surface area contributed by atoms with E-state index >= 15 is 0 Å². The zero-order chi connectivity index (χ0) is 13.8. The van der Waals surface area contributed by atoms with Gasteiger partial charge in [0.15, 0.2) is 0 Å². The van der Waals surface area contributed by atoms with Crippen LogP contribution in [0.15, 0.2) is 0 Å². The summed E-state index contributed by atoms with van der Waals surface area (Å²) in [4.78, 5) is 17.2. The summed E-state index contributed by atoms with van der Waals surface area (Å²) < 4.78 is 0. The average Bonchev–Trinajstić information content (AvgIpc) is 2.77. The fourth-order valence-corrected chi connectivity index (χ4v) is 4.52. The lowest BCUT2D eigenvalue weighted by molar-refractivity contribution is -0.134. The lowest BCUT2D eigenvalue weighted by atomic mass is 9.78. The number of rotatable bonds is 2. The minimum absolute atomic E-state index is 0.401. The van der Waals surface area contributed by atoms with Crippen molar-refractivity contribution in [3.8, 4) is 0 Å². The van der Waals surface area contributed by atoms with Crippen LogP contribution in [-0.2, 0) is 4.79 Å². The summed E-state index contributed by atoms with van der Waals surface area (Å²) in [5.74, 6) is 1.28. The third-order valence-corrected chi connectivity index (χ3v) is 5.66. The zero-order valence-corrected chi connectivity index (χ0v) is 12.9. The molecule has 0 aromatic carbocycles. The van der Waals surface area contributed by atoms with Crippen LogP contribution in [0.25, 0.3) is 0 Å². The summed E-state index contributed by atoms with van der Waals surface area (Å²) in [6, 6.07) is 0.716. The summed E-state index contributed by atoms with van der Waals surface area (Å²) in [7, 11) is 0. The average molecular weight is 278 g/mol. The van der Waals surface area contributed by atoms with E-state index in [-0.39, 0.29) is 0 Å². The van der Waals surface area contributed by atoms with Crippen molar-refractivity contribution in [1.29, 1.82) is 0 Å². The Balaban J connectivity index is 1.56. The molecule has 2 atom stereocenters. The Morgan fingerprint density at radius 2 is 1.50 bits per heavy atom. The van der Waals surface area contributed by atoms with Crippen LogP contribution >= 0.6 is 0 Å². The van der Waals surface area contributed by atoms with Gasteiger partial charge in [-0.05, 0) is 51.0 Å². The van der Waals surface area contributed by atoms with Gasteiger partial charge in [0.25, 0.3) is 0 Å². The largest absolute Gasteiger partial charge is 0.342 e. The van der Waals surface area contributed by atoms with Crippen LogP contribution in [0, 0.1) is 5.92 Å². The van der Waals surface area contributed by atoms with Crippen molar-refractivity contribution in [3.05, 3.63) is 0 Å². The van der Waals surface area contributed by atoms with Gasteiger partial charge in [-0.15, -0.1) is 0 Å². The van der Waals surface area contributed by atoms with Gasteiger partial charge < -0.3 is 4.90 Å². The standard InChI is InChI=1S/C17H30N2O/c20-17(18-11-5-1-2-6-12-18)14-19-13-7-9-15-8-3-4-10-16(15)19/h15-16H,1-14H2. The summed E-state index contributed by atoms with van der Waals surface area (Å²) in [6.07, 6.45) is 13.2. The molecule has 0 aromatic rings. The quantitative estimate of drug-likeness (QED) is 0.775. The number of piperidine rings is 1. The minimum Gasteiger partial charge on any atom is -0.342 e. The Hall–Kier alpha value is -0.570. The molecule has 1 saturated carbocycles. The highest BCUT2D eigenvalue weighted by Crippen LogP contribution is 2.35. The number of fused-ring (bicyclic) bond motifs is 1. The number of nitrogens with zero attached hydrogens (tertiary/aromatic N) is 2. The van der Waals surface area contributed by atoms with Crippen LogP contribution in [0.2, 0.25) is 0 Å². The van der Waals surface area contributed by atoms with E-state index in [2.05, 4.69) is 9.80 Å². The lowest BCUT2D eigenvalue weighted by Crippen LogP contribution is -2.51. The molecule has 3 nitrogen and oxygen atoms in total. The molecule has 0 spiro atoms. The van der Waals surface area contributed by atoms with E-state index in [1.807, 2.05) is 0 Å². The Labute approximate surface area is 123 Å². The second-order valence-corrected chi connectivity index (χ2v) is 7.02. The monoisotopic (exact) mass is 278 g/mol. The van der Waals surface area contributed by atoms with Crippen LogP contribution in [0.3, 0.4) is 0 Å². The molecule has 1 amide bonds. The van der Waals surface area contributed by atoms with Crippen LogP contribution in [0.5, 0.6) is 0 Å². The first-order valence-corrected chi connectivity index (χ1v) is 8.86. The maximum Gasteiger partial charge on any atom is 0.236 e. The molecule has 0 aromatic heterocycles. The van der Waals surface area contributed by atoms with Crippen LogP contribution in [0.1, 0.15) is 64.2 Å². The molecule has 3 fully saturated rings. The van der Waals surface area contributed by atoms with Crippen molar-refractivity contribution in [2.45, 2.75) is 70.3 Å². The molecule has 0 radical (unpaired) electrons. The van der Waals surface area contributed by atoms with Gasteiger partial charge >= 0.3 is 0 Å². The molecule has 0 N–H and O–H groups in total. The molecule has 3 aliphatic rings. The zero-order valence-electron chi connectivity index (χ0n) is 12.9. The third kappa shape index (κ3) is 3.36. The van der Waals surface area contributed by atoms with Crippen molar-refractivity contribution in [2.75, 3.05) is 26.2 Å². The Kier molecular flexibility index (Phi) is 4.98. The summed E-state index contributed by atoms with van der Waals surface area (Å²) in [5, 5.41) is 0. The first-order chi connectivity index (χ1) is 9.84. The second kappa shape index (κ2) is 6.93. The van der Waals surface area contributed by atoms with Gasteiger partial charge in [0.1, 0.15) is 0 Å². The smallest absolute Gasteiger partial charge is 0.236 e. The Morgan fingerprint density at radius 1 is 0.800 bits per heavy atom. The minimum atomic E-state index is 0.401. The number of carbonyl (C=O) groups excluding carboxylic acids is 1. The summed E-state index contributed by atoms with van der Waals surface area (Å²) >= 11 is 0. The van der Waals surface area contributed by atoms with Gasteiger partial charge in [-0.25, -0.2) is 0 Å². The molecule has 2 aliphatic heterocycles. The van der Waals surface area contributed by atoms with E-state index in [9.17, 15) is 4.79 Å². The van der Waals surface area contributed by atoms with Crippen LogP contribution in [-0.4, -0.2) is 47.9 Å². The lowest BCUT2D eigenvalue weighted by Gasteiger charge is -2.44. The highest BCUT2D eigenvalue weighted by Gasteiger charge is 2.34. The van der Waals surface area contributed by atoms with E-state index < -0.39 is 0 Å². The van der Waals surface area contributed by atoms with Crippen molar-refractivity contribution in [1.82, 2.24) is 9.80 Å². The fraction of sp³-hybridized carbons (Fsp3) is 0.941. The van der Waals surface area contributed by atoms with Crippen molar-refractivity contribution in [3.63, 3.8) is 0 Å². The molecule has 3 rings (SSSR count). The van der Waals surface area contributed by atoms with Crippen LogP contribution in [0.4, 0.5) is 0 Å². The molecule has 1 aliphatic carbocycles. The Bertz CT molecular complexity index is 321. The summed E-state index contributed by atoms with van der Waals surface area (Å²) in [5.41, 5.74) is 0. The normalized spacial score (nSPS) is 32.5. The highest BCUT2D eigenvalue weighted by atomic mass is 16.2. The van der Waals surface area contributed by atoms with E-state index in [1.165, 1.54) is 64.2 Å². The molecular weight excluding hydrogens is 248 g/mol. The van der Waals surface area contributed by atoms with Crippen molar-refractivity contribution < 1.29 is 4.79 Å². The maximum absolute atomic E-state index is 12.6. The summed E-state index contributed by atoms with van der Waals surface area (Å²) in [6.45, 7) is 3.85. The van der Waals surface area contributed by atoms with E-state index in [0.29, 0.717) is 18.5 Å². The molecule has 3 heteroatoms. The molecule has 2 saturated heterocycles. The van der Waals surface area contributed by atoms with Gasteiger partial charge in [0.05, 0.1) is 6.54 Å². The second-order valence-electron chi connectivity index (χ2n) is 7.02. The SMILES string of the molecule is O=C(CN1CCCC2CCCCC21)N1CCCCCC1. The van der Waals surface area contributed by atoms with E-state index in [1.54, 1.807) is 0 Å². The number of carbonyl (C=O) groups is 1. The van der Waals surface area contributed by atoms with Gasteiger partial charge in [0, 0.05) is 19.1 Å². The molecule has 2 heterocycles. The number of amides is 1. The maximum atomic E-state index is 12.6. The van der Waals surface area contributed by atoms with Crippen molar-refractivity contribution >= 4 is 5.91 Å². The van der Waals surface area contributed by atoms with E-state index in [4.69, 9.17) is 0 Å². The molecule has 114 valence electrons. The number of hydrogen-bond acceptors (Lipinski definition) is 2. The van der Waals surface area contributed by atoms with Gasteiger partial charge in [-0.2, -0.15) is 0 Å². The van der Waals surface area contributed by atoms with Gasteiger partial charge in [-0.3, -0.25) is 9.69 Å². The highest BCUT2D eigenvalue weighted by molar-refractivity contribution is 5.78. The molecule has 2 unspecified atom stereocenters. The predicted molar refractivity (Wildman–Crippen MR) is 81.6 cm³/mol. The first-order valence-electron chi connectivity index (χ1n) is 8.86. The molecule has 0 bridgehead atoms.